The maximum Gasteiger partial charge on any atom is 0.216 e. The number of nitrogens with one attached hydrogen (secondary N) is 1. The number of aromatic nitrogens is 3. The molecule has 3 rings (SSSR count). The second kappa shape index (κ2) is 6.76. The van der Waals surface area contributed by atoms with E-state index in [1.54, 1.807) is 10.9 Å². The summed E-state index contributed by atoms with van der Waals surface area (Å²) in [7, 11) is 0. The molecule has 1 aromatic heterocycles. The third kappa shape index (κ3) is 3.77. The van der Waals surface area contributed by atoms with Crippen molar-refractivity contribution in [3.05, 3.63) is 70.0 Å². The van der Waals surface area contributed by atoms with E-state index in [4.69, 9.17) is 12.2 Å². The molecule has 0 bridgehead atoms. The highest BCUT2D eigenvalue weighted by atomic mass is 32.1. The highest BCUT2D eigenvalue weighted by Crippen LogP contribution is 2.23. The van der Waals surface area contributed by atoms with Crippen molar-refractivity contribution < 1.29 is 0 Å². The number of rotatable bonds is 3. The second-order valence-electron chi connectivity index (χ2n) is 7.10. The minimum Gasteiger partial charge on any atom is -0.250 e. The Labute approximate surface area is 153 Å². The van der Waals surface area contributed by atoms with E-state index in [-0.39, 0.29) is 5.41 Å². The molecule has 0 atom stereocenters. The van der Waals surface area contributed by atoms with Crippen molar-refractivity contribution in [3.63, 3.8) is 0 Å². The molecule has 0 saturated carbocycles. The minimum atomic E-state index is 0.140. The molecule has 0 aliphatic heterocycles. The highest BCUT2D eigenvalue weighted by molar-refractivity contribution is 7.71. The molecular weight excluding hydrogens is 328 g/mol. The molecule has 0 amide bonds. The van der Waals surface area contributed by atoms with E-state index < -0.39 is 0 Å². The van der Waals surface area contributed by atoms with Gasteiger partial charge in [-0.2, -0.15) is 14.9 Å². The van der Waals surface area contributed by atoms with Gasteiger partial charge in [0.05, 0.1) is 6.21 Å². The van der Waals surface area contributed by atoms with Crippen LogP contribution < -0.4 is 0 Å². The Balaban J connectivity index is 1.94. The Morgan fingerprint density at radius 1 is 1.08 bits per heavy atom. The molecule has 3 aromatic rings. The number of nitrogens with zero attached hydrogens (tertiary/aromatic N) is 3. The first-order valence-electron chi connectivity index (χ1n) is 8.24. The Morgan fingerprint density at radius 2 is 1.76 bits per heavy atom. The summed E-state index contributed by atoms with van der Waals surface area (Å²) in [6, 6.07) is 16.5. The van der Waals surface area contributed by atoms with Gasteiger partial charge in [0.25, 0.3) is 0 Å². The average Bonchev–Trinajstić information content (AvgIpc) is 2.93. The fraction of sp³-hybridized carbons (Fsp3) is 0.250. The molecule has 0 fully saturated rings. The van der Waals surface area contributed by atoms with Crippen LogP contribution in [0.2, 0.25) is 0 Å². The maximum absolute atomic E-state index is 5.33. The molecule has 2 aromatic carbocycles. The monoisotopic (exact) mass is 350 g/mol. The second-order valence-corrected chi connectivity index (χ2v) is 7.48. The molecular formula is C20H22N4S. The molecule has 0 saturated heterocycles. The zero-order valence-electron chi connectivity index (χ0n) is 14.9. The molecule has 25 heavy (non-hydrogen) atoms. The summed E-state index contributed by atoms with van der Waals surface area (Å²) in [5, 5.41) is 11.7. The fourth-order valence-corrected chi connectivity index (χ4v) is 2.77. The summed E-state index contributed by atoms with van der Waals surface area (Å²) in [6.45, 7) is 8.66. The maximum atomic E-state index is 5.33. The molecule has 4 nitrogen and oxygen atoms in total. The van der Waals surface area contributed by atoms with Crippen LogP contribution in [0.1, 0.15) is 37.5 Å². The third-order valence-corrected chi connectivity index (χ3v) is 4.40. The molecule has 5 heteroatoms. The first-order valence-corrected chi connectivity index (χ1v) is 8.65. The van der Waals surface area contributed by atoms with Gasteiger partial charge in [0.15, 0.2) is 5.82 Å². The quantitative estimate of drug-likeness (QED) is 0.528. The van der Waals surface area contributed by atoms with Gasteiger partial charge in [0.1, 0.15) is 0 Å². The lowest BCUT2D eigenvalue weighted by Gasteiger charge is -2.18. The van der Waals surface area contributed by atoms with Crippen LogP contribution in [-0.4, -0.2) is 21.1 Å². The first kappa shape index (κ1) is 17.3. The molecule has 1 N–H and O–H groups in total. The molecule has 128 valence electrons. The van der Waals surface area contributed by atoms with Gasteiger partial charge in [0, 0.05) is 5.56 Å². The lowest BCUT2D eigenvalue weighted by molar-refractivity contribution is 0.590. The topological polar surface area (TPSA) is 46.0 Å². The Kier molecular flexibility index (Phi) is 4.68. The number of hydrogen-bond acceptors (Lipinski definition) is 3. The minimum absolute atomic E-state index is 0.140. The summed E-state index contributed by atoms with van der Waals surface area (Å²) in [6.07, 6.45) is 1.81. The first-order chi connectivity index (χ1) is 11.9. The molecule has 1 heterocycles. The van der Waals surface area contributed by atoms with Crippen LogP contribution in [-0.2, 0) is 5.41 Å². The summed E-state index contributed by atoms with van der Waals surface area (Å²) in [5.74, 6) is 0.714. The van der Waals surface area contributed by atoms with Crippen molar-refractivity contribution in [2.75, 3.05) is 0 Å². The van der Waals surface area contributed by atoms with Crippen LogP contribution in [0.15, 0.2) is 53.6 Å². The van der Waals surface area contributed by atoms with Crippen molar-refractivity contribution in [2.45, 2.75) is 33.1 Å². The van der Waals surface area contributed by atoms with Crippen LogP contribution in [0.25, 0.3) is 11.4 Å². The van der Waals surface area contributed by atoms with Crippen molar-refractivity contribution in [1.29, 1.82) is 0 Å². The SMILES string of the molecule is Cc1ccccc1-c1n[nH]c(=S)n1/N=C\c1ccc(C(C)(C)C)cc1. The fourth-order valence-electron chi connectivity index (χ4n) is 2.59. The zero-order chi connectivity index (χ0) is 18.0. The zero-order valence-corrected chi connectivity index (χ0v) is 15.8. The van der Waals surface area contributed by atoms with Crippen LogP contribution in [0.5, 0.6) is 0 Å². The predicted octanol–water partition coefficient (Wildman–Crippen LogP) is 5.10. The van der Waals surface area contributed by atoms with E-state index in [0.29, 0.717) is 10.6 Å². The number of aromatic amines is 1. The van der Waals surface area contributed by atoms with Crippen molar-refractivity contribution in [2.24, 2.45) is 5.10 Å². The average molecular weight is 350 g/mol. The van der Waals surface area contributed by atoms with Crippen molar-refractivity contribution >= 4 is 18.4 Å². The Hall–Kier alpha value is -2.53. The standard InChI is InChI=1S/C20H22N4S/c1-14-7-5-6-8-17(14)18-22-23-19(25)24(18)21-13-15-9-11-16(12-10-15)20(2,3)4/h5-13H,1-4H3,(H,23,25)/b21-13-. The van der Waals surface area contributed by atoms with E-state index in [1.807, 2.05) is 31.2 Å². The van der Waals surface area contributed by atoms with Gasteiger partial charge in [0.2, 0.25) is 4.77 Å². The highest BCUT2D eigenvalue weighted by Gasteiger charge is 2.13. The van der Waals surface area contributed by atoms with E-state index in [9.17, 15) is 0 Å². The lowest BCUT2D eigenvalue weighted by atomic mass is 9.87. The Morgan fingerprint density at radius 3 is 2.40 bits per heavy atom. The van der Waals surface area contributed by atoms with E-state index in [2.05, 4.69) is 60.3 Å². The van der Waals surface area contributed by atoms with Gasteiger partial charge < -0.3 is 0 Å². The van der Waals surface area contributed by atoms with Gasteiger partial charge in [-0.15, -0.1) is 0 Å². The van der Waals surface area contributed by atoms with Gasteiger partial charge >= 0.3 is 0 Å². The number of hydrogen-bond donors (Lipinski definition) is 1. The molecule has 0 spiro atoms. The van der Waals surface area contributed by atoms with Gasteiger partial charge in [-0.3, -0.25) is 0 Å². The number of aryl methyl sites for hydroxylation is 1. The van der Waals surface area contributed by atoms with Crippen LogP contribution in [0.4, 0.5) is 0 Å². The third-order valence-electron chi connectivity index (χ3n) is 4.14. The van der Waals surface area contributed by atoms with Gasteiger partial charge in [-0.05, 0) is 41.2 Å². The largest absolute Gasteiger partial charge is 0.250 e. The smallest absolute Gasteiger partial charge is 0.216 e. The van der Waals surface area contributed by atoms with E-state index in [1.165, 1.54) is 5.56 Å². The van der Waals surface area contributed by atoms with Gasteiger partial charge in [-0.1, -0.05) is 69.3 Å². The summed E-state index contributed by atoms with van der Waals surface area (Å²) >= 11 is 5.33. The molecule has 0 aliphatic rings. The van der Waals surface area contributed by atoms with E-state index >= 15 is 0 Å². The van der Waals surface area contributed by atoms with Crippen LogP contribution >= 0.6 is 12.2 Å². The van der Waals surface area contributed by atoms with Crippen LogP contribution in [0, 0.1) is 11.7 Å². The summed E-state index contributed by atoms with van der Waals surface area (Å²) in [5.41, 5.74) is 4.59. The summed E-state index contributed by atoms with van der Waals surface area (Å²) < 4.78 is 2.14. The van der Waals surface area contributed by atoms with E-state index in [0.717, 1.165) is 16.7 Å². The number of H-pyrrole nitrogens is 1. The van der Waals surface area contributed by atoms with Crippen molar-refractivity contribution in [1.82, 2.24) is 14.9 Å². The molecule has 0 aliphatic carbocycles. The molecule has 0 radical (unpaired) electrons. The lowest BCUT2D eigenvalue weighted by Crippen LogP contribution is -2.10. The van der Waals surface area contributed by atoms with Crippen LogP contribution in [0.3, 0.4) is 0 Å². The normalized spacial score (nSPS) is 12.0. The van der Waals surface area contributed by atoms with Crippen molar-refractivity contribution in [3.8, 4) is 11.4 Å². The summed E-state index contributed by atoms with van der Waals surface area (Å²) in [4.78, 5) is 0. The molecule has 0 unspecified atom stereocenters. The number of benzene rings is 2. The Bertz CT molecular complexity index is 956. The predicted molar refractivity (Wildman–Crippen MR) is 106 cm³/mol. The van der Waals surface area contributed by atoms with Gasteiger partial charge in [-0.25, -0.2) is 5.10 Å².